The van der Waals surface area contributed by atoms with Gasteiger partial charge in [0.25, 0.3) is 5.91 Å². The van der Waals surface area contributed by atoms with Crippen molar-refractivity contribution in [3.8, 4) is 17.2 Å². The maximum atomic E-state index is 13.3. The van der Waals surface area contributed by atoms with E-state index in [4.69, 9.17) is 14.2 Å². The van der Waals surface area contributed by atoms with Crippen molar-refractivity contribution in [1.29, 1.82) is 0 Å². The number of hydrogen-bond donors (Lipinski definition) is 4. The molecule has 0 unspecified atom stereocenters. The van der Waals surface area contributed by atoms with Gasteiger partial charge in [0.15, 0.2) is 11.5 Å². The molecule has 0 saturated carbocycles. The molecule has 2 atom stereocenters. The van der Waals surface area contributed by atoms with Gasteiger partial charge in [-0.05, 0) is 67.9 Å². The Morgan fingerprint density at radius 3 is 2.56 bits per heavy atom. The van der Waals surface area contributed by atoms with Crippen molar-refractivity contribution in [2.75, 3.05) is 33.9 Å². The van der Waals surface area contributed by atoms with Crippen LogP contribution in [0.1, 0.15) is 61.9 Å². The molecule has 2 aromatic rings. The molecule has 0 fully saturated rings. The van der Waals surface area contributed by atoms with Gasteiger partial charge in [-0.1, -0.05) is 32.0 Å². The molecular weight excluding hydrogens is 552 g/mol. The predicted octanol–water partition coefficient (Wildman–Crippen LogP) is 2.76. The Morgan fingerprint density at radius 2 is 1.81 bits per heavy atom. The summed E-state index contributed by atoms with van der Waals surface area (Å²) in [5.41, 5.74) is 1.31. The third kappa shape index (κ3) is 10.5. The van der Waals surface area contributed by atoms with Gasteiger partial charge in [-0.3, -0.25) is 19.2 Å². The van der Waals surface area contributed by atoms with E-state index in [1.807, 2.05) is 32.0 Å². The van der Waals surface area contributed by atoms with Crippen molar-refractivity contribution in [3.05, 3.63) is 53.6 Å². The number of hydrogen-bond acceptors (Lipinski definition) is 7. The summed E-state index contributed by atoms with van der Waals surface area (Å²) in [6, 6.07) is 10.8. The van der Waals surface area contributed by atoms with Crippen LogP contribution in [0.5, 0.6) is 17.2 Å². The fourth-order valence-electron chi connectivity index (χ4n) is 4.78. The second-order valence-corrected chi connectivity index (χ2v) is 10.9. The van der Waals surface area contributed by atoms with Crippen molar-refractivity contribution >= 4 is 23.6 Å². The van der Waals surface area contributed by atoms with E-state index in [0.717, 1.165) is 5.56 Å². The van der Waals surface area contributed by atoms with Gasteiger partial charge in [0.05, 0.1) is 26.4 Å². The smallest absolute Gasteiger partial charge is 0.255 e. The normalized spacial score (nSPS) is 18.4. The van der Waals surface area contributed by atoms with E-state index in [1.165, 1.54) is 0 Å². The maximum absolute atomic E-state index is 13.3. The molecule has 4 amide bonds. The number of carbonyl (C=O) groups excluding carboxylic acids is 4. The Balaban J connectivity index is 1.71. The van der Waals surface area contributed by atoms with Crippen LogP contribution in [0, 0.1) is 5.92 Å². The number of amides is 4. The van der Waals surface area contributed by atoms with E-state index in [0.29, 0.717) is 56.0 Å². The first-order valence-electron chi connectivity index (χ1n) is 14.8. The van der Waals surface area contributed by atoms with Crippen molar-refractivity contribution in [1.82, 2.24) is 21.3 Å². The number of ether oxygens (including phenoxy) is 3. The number of nitrogens with one attached hydrogen (secondary N) is 4. The van der Waals surface area contributed by atoms with Crippen molar-refractivity contribution in [3.63, 3.8) is 0 Å². The molecule has 2 aromatic carbocycles. The first kappa shape index (κ1) is 33.2. The van der Waals surface area contributed by atoms with Crippen LogP contribution in [0.4, 0.5) is 0 Å². The van der Waals surface area contributed by atoms with E-state index in [-0.39, 0.29) is 42.7 Å². The van der Waals surface area contributed by atoms with Crippen LogP contribution < -0.4 is 35.5 Å². The molecule has 0 spiro atoms. The number of benzene rings is 2. The number of methoxy groups -OCH3 is 2. The molecule has 0 radical (unpaired) electrons. The third-order valence-electron chi connectivity index (χ3n) is 7.04. The van der Waals surface area contributed by atoms with Gasteiger partial charge in [0, 0.05) is 19.5 Å². The van der Waals surface area contributed by atoms with Crippen molar-refractivity contribution in [2.45, 2.75) is 64.5 Å². The summed E-state index contributed by atoms with van der Waals surface area (Å²) in [5, 5.41) is 11.4. The van der Waals surface area contributed by atoms with Crippen LogP contribution in [-0.2, 0) is 20.8 Å². The number of aryl methyl sites for hydroxylation is 1. The minimum Gasteiger partial charge on any atom is -0.493 e. The highest BCUT2D eigenvalue weighted by Gasteiger charge is 2.26. The average molecular weight is 597 g/mol. The van der Waals surface area contributed by atoms with Crippen molar-refractivity contribution in [2.24, 2.45) is 5.92 Å². The lowest BCUT2D eigenvalue weighted by atomic mass is 10.0. The van der Waals surface area contributed by atoms with Crippen LogP contribution >= 0.6 is 0 Å². The predicted molar refractivity (Wildman–Crippen MR) is 162 cm³/mol. The summed E-state index contributed by atoms with van der Waals surface area (Å²) in [4.78, 5) is 52.3. The largest absolute Gasteiger partial charge is 0.493 e. The minimum atomic E-state index is -0.974. The van der Waals surface area contributed by atoms with E-state index in [2.05, 4.69) is 21.3 Å². The number of para-hydroxylation sites is 1. The average Bonchev–Trinajstić information content (AvgIpc) is 2.99. The van der Waals surface area contributed by atoms with Crippen LogP contribution in [0.15, 0.2) is 42.5 Å². The minimum absolute atomic E-state index is 0.0516. The van der Waals surface area contributed by atoms with Crippen LogP contribution in [-0.4, -0.2) is 69.6 Å². The Kier molecular flexibility index (Phi) is 13.1. The summed E-state index contributed by atoms with van der Waals surface area (Å²) in [5.74, 6) is 0.338. The molecular formula is C32H44N4O7. The van der Waals surface area contributed by atoms with Crippen LogP contribution in [0.3, 0.4) is 0 Å². The quantitative estimate of drug-likeness (QED) is 0.326. The molecule has 234 valence electrons. The van der Waals surface area contributed by atoms with Gasteiger partial charge >= 0.3 is 0 Å². The molecule has 4 N–H and O–H groups in total. The Bertz CT molecular complexity index is 1250. The zero-order valence-electron chi connectivity index (χ0n) is 25.5. The molecule has 0 bridgehead atoms. The molecule has 11 nitrogen and oxygen atoms in total. The molecule has 0 saturated heterocycles. The highest BCUT2D eigenvalue weighted by molar-refractivity contribution is 5.99. The summed E-state index contributed by atoms with van der Waals surface area (Å²) in [6.45, 7) is 4.96. The van der Waals surface area contributed by atoms with Gasteiger partial charge in [0.1, 0.15) is 17.8 Å². The van der Waals surface area contributed by atoms with Crippen molar-refractivity contribution < 1.29 is 33.4 Å². The molecule has 11 heteroatoms. The summed E-state index contributed by atoms with van der Waals surface area (Å²) < 4.78 is 16.5. The summed E-state index contributed by atoms with van der Waals surface area (Å²) in [7, 11) is 3.16. The molecule has 3 rings (SSSR count). The molecule has 1 heterocycles. The number of fused-ring (bicyclic) bond motifs is 1. The Hall–Kier alpha value is -4.28. The standard InChI is InChI=1S/C32H44N4O7/c1-21(2)19-25-32(40)34-17-8-18-43-26-11-6-5-10-23(26)30(38)36-24(13-15-29(37)35-25)31(39)33-16-7-9-22-12-14-27(41-3)28(20-22)42-4/h5-6,10-12,14,20-21,24-25H,7-9,13,15-19H2,1-4H3,(H,33,39)(H,34,40)(H,35,37)(H,36,38)/t24-,25-/m0/s1. The van der Waals surface area contributed by atoms with Gasteiger partial charge in [0.2, 0.25) is 17.7 Å². The zero-order chi connectivity index (χ0) is 31.2. The van der Waals surface area contributed by atoms with E-state index < -0.39 is 23.9 Å². The first-order valence-corrected chi connectivity index (χ1v) is 14.8. The lowest BCUT2D eigenvalue weighted by molar-refractivity contribution is -0.129. The molecule has 1 aliphatic rings. The zero-order valence-corrected chi connectivity index (χ0v) is 25.5. The van der Waals surface area contributed by atoms with E-state index >= 15 is 0 Å². The summed E-state index contributed by atoms with van der Waals surface area (Å²) >= 11 is 0. The number of carbonyl (C=O) groups is 4. The molecule has 43 heavy (non-hydrogen) atoms. The topological polar surface area (TPSA) is 144 Å². The van der Waals surface area contributed by atoms with E-state index in [9.17, 15) is 19.2 Å². The second-order valence-electron chi connectivity index (χ2n) is 10.9. The van der Waals surface area contributed by atoms with Gasteiger partial charge in [-0.25, -0.2) is 0 Å². The molecule has 0 aliphatic carbocycles. The highest BCUT2D eigenvalue weighted by Crippen LogP contribution is 2.28. The lowest BCUT2D eigenvalue weighted by Gasteiger charge is -2.22. The van der Waals surface area contributed by atoms with Gasteiger partial charge in [-0.15, -0.1) is 0 Å². The fraction of sp³-hybridized carbons (Fsp3) is 0.500. The second kappa shape index (κ2) is 17.0. The third-order valence-corrected chi connectivity index (χ3v) is 7.04. The van der Waals surface area contributed by atoms with Crippen LogP contribution in [0.2, 0.25) is 0 Å². The van der Waals surface area contributed by atoms with E-state index in [1.54, 1.807) is 38.5 Å². The SMILES string of the molecule is COc1ccc(CCCNC(=O)[C@@H]2CCC(=O)N[C@@H](CC(C)C)C(=O)NCCCOc3ccccc3C(=O)N2)cc1OC. The van der Waals surface area contributed by atoms with Crippen LogP contribution in [0.25, 0.3) is 0 Å². The lowest BCUT2D eigenvalue weighted by Crippen LogP contribution is -2.49. The Labute approximate surface area is 253 Å². The molecule has 0 aromatic heterocycles. The number of rotatable bonds is 9. The fourth-order valence-corrected chi connectivity index (χ4v) is 4.78. The Morgan fingerprint density at radius 1 is 1.05 bits per heavy atom. The summed E-state index contributed by atoms with van der Waals surface area (Å²) in [6.07, 6.45) is 2.32. The van der Waals surface area contributed by atoms with Gasteiger partial charge in [-0.2, -0.15) is 0 Å². The van der Waals surface area contributed by atoms with Gasteiger partial charge < -0.3 is 35.5 Å². The maximum Gasteiger partial charge on any atom is 0.255 e. The molecule has 1 aliphatic heterocycles. The first-order chi connectivity index (χ1) is 20.7. The monoisotopic (exact) mass is 596 g/mol. The highest BCUT2D eigenvalue weighted by atomic mass is 16.5.